The van der Waals surface area contributed by atoms with Crippen LogP contribution in [0.1, 0.15) is 53.4 Å². The number of methoxy groups -OCH3 is 2. The number of carbonyl (C=O) groups is 2. The molecular weight excluding hydrogens is 352 g/mol. The molecule has 3 aliphatic rings. The zero-order chi connectivity index (χ0) is 18.3. The summed E-state index contributed by atoms with van der Waals surface area (Å²) < 4.78 is 10.8. The summed E-state index contributed by atoms with van der Waals surface area (Å²) in [5.74, 6) is 1.45. The van der Waals surface area contributed by atoms with E-state index >= 15 is 0 Å². The third-order valence-corrected chi connectivity index (χ3v) is 6.85. The number of nitrogens with zero attached hydrogens (tertiary/aromatic N) is 1. The zero-order valence-electron chi connectivity index (χ0n) is 15.1. The zero-order valence-corrected chi connectivity index (χ0v) is 15.9. The van der Waals surface area contributed by atoms with Crippen molar-refractivity contribution in [2.45, 2.75) is 49.6 Å². The molecule has 1 aromatic rings. The van der Waals surface area contributed by atoms with Crippen molar-refractivity contribution in [3.63, 3.8) is 0 Å². The largest absolute Gasteiger partial charge is 0.493 e. The molecule has 2 atom stereocenters. The summed E-state index contributed by atoms with van der Waals surface area (Å²) in [6, 6.07) is 3.55. The van der Waals surface area contributed by atoms with Crippen LogP contribution < -0.4 is 14.8 Å². The van der Waals surface area contributed by atoms with Crippen LogP contribution in [0.5, 0.6) is 11.5 Å². The van der Waals surface area contributed by atoms with E-state index in [0.29, 0.717) is 22.8 Å². The molecule has 7 heteroatoms. The maximum Gasteiger partial charge on any atom is 0.260 e. The first-order valence-corrected chi connectivity index (χ1v) is 10.2. The van der Waals surface area contributed by atoms with E-state index in [9.17, 15) is 9.59 Å². The van der Waals surface area contributed by atoms with Gasteiger partial charge in [0.15, 0.2) is 11.5 Å². The molecule has 1 aromatic carbocycles. The van der Waals surface area contributed by atoms with Gasteiger partial charge in [-0.2, -0.15) is 0 Å². The molecule has 2 fully saturated rings. The van der Waals surface area contributed by atoms with E-state index in [2.05, 4.69) is 5.32 Å². The van der Waals surface area contributed by atoms with Crippen LogP contribution in [0, 0.1) is 0 Å². The van der Waals surface area contributed by atoms with Gasteiger partial charge in [-0.15, -0.1) is 11.8 Å². The molecule has 0 spiro atoms. The van der Waals surface area contributed by atoms with Crippen molar-refractivity contribution in [2.24, 2.45) is 0 Å². The molecule has 0 bridgehead atoms. The minimum absolute atomic E-state index is 0.0287. The fourth-order valence-corrected chi connectivity index (χ4v) is 5.69. The van der Waals surface area contributed by atoms with Gasteiger partial charge in [-0.3, -0.25) is 9.59 Å². The maximum absolute atomic E-state index is 13.1. The molecule has 0 unspecified atom stereocenters. The lowest BCUT2D eigenvalue weighted by molar-refractivity contribution is -0.125. The average molecular weight is 376 g/mol. The Morgan fingerprint density at radius 3 is 2.65 bits per heavy atom. The third kappa shape index (κ3) is 2.73. The van der Waals surface area contributed by atoms with Gasteiger partial charge in [-0.25, -0.2) is 0 Å². The summed E-state index contributed by atoms with van der Waals surface area (Å²) in [6.45, 7) is 0. The van der Waals surface area contributed by atoms with Crippen LogP contribution in [0.15, 0.2) is 12.1 Å². The summed E-state index contributed by atoms with van der Waals surface area (Å²) in [7, 11) is 3.09. The highest BCUT2D eigenvalue weighted by atomic mass is 32.2. The van der Waals surface area contributed by atoms with E-state index in [1.54, 1.807) is 23.8 Å². The van der Waals surface area contributed by atoms with E-state index in [0.717, 1.165) is 31.2 Å². The molecule has 2 amide bonds. The molecule has 1 saturated heterocycles. The van der Waals surface area contributed by atoms with Gasteiger partial charge in [0.25, 0.3) is 5.91 Å². The second-order valence-electron chi connectivity index (χ2n) is 7.02. The number of fused-ring (bicyclic) bond motifs is 3. The molecular formula is C19H24N2O4S. The Morgan fingerprint density at radius 2 is 1.96 bits per heavy atom. The normalized spacial score (nSPS) is 25.0. The monoisotopic (exact) mass is 376 g/mol. The predicted octanol–water partition coefficient (Wildman–Crippen LogP) is 2.72. The lowest BCUT2D eigenvalue weighted by atomic mass is 9.95. The number of ether oxygens (including phenoxy) is 2. The van der Waals surface area contributed by atoms with Crippen LogP contribution in [0.3, 0.4) is 0 Å². The smallest absolute Gasteiger partial charge is 0.260 e. The quantitative estimate of drug-likeness (QED) is 0.875. The fourth-order valence-electron chi connectivity index (χ4n) is 4.24. The van der Waals surface area contributed by atoms with Crippen LogP contribution in [0.4, 0.5) is 0 Å². The maximum atomic E-state index is 13.1. The highest BCUT2D eigenvalue weighted by Gasteiger charge is 2.50. The first kappa shape index (κ1) is 17.5. The number of benzene rings is 1. The summed E-state index contributed by atoms with van der Waals surface area (Å²) in [5.41, 5.74) is 1.44. The molecule has 0 aromatic heterocycles. The third-order valence-electron chi connectivity index (χ3n) is 5.55. The first-order valence-electron chi connectivity index (χ1n) is 9.15. The number of hydrogen-bond acceptors (Lipinski definition) is 5. The van der Waals surface area contributed by atoms with Gasteiger partial charge in [0.2, 0.25) is 5.91 Å². The van der Waals surface area contributed by atoms with Gasteiger partial charge >= 0.3 is 0 Å². The Morgan fingerprint density at radius 1 is 1.19 bits per heavy atom. The van der Waals surface area contributed by atoms with Crippen LogP contribution in [0.2, 0.25) is 0 Å². The minimum atomic E-state index is -0.428. The van der Waals surface area contributed by atoms with Crippen molar-refractivity contribution in [1.29, 1.82) is 0 Å². The standard InChI is InChI=1S/C19H24N2O4S/c1-24-14-9-8-12-15(16(14)25-2)18(23)21-13(10-26-19(12)21)17(22)20-11-6-4-3-5-7-11/h8-9,11,13,19H,3-7,10H2,1-2H3,(H,20,22)/t13-,19+/m0/s1. The van der Waals surface area contributed by atoms with E-state index in [-0.39, 0.29) is 23.2 Å². The van der Waals surface area contributed by atoms with E-state index < -0.39 is 6.04 Å². The molecule has 1 aliphatic carbocycles. The summed E-state index contributed by atoms with van der Waals surface area (Å²) in [5, 5.41) is 3.04. The van der Waals surface area contributed by atoms with Crippen molar-refractivity contribution >= 4 is 23.6 Å². The molecule has 2 aliphatic heterocycles. The number of rotatable bonds is 4. The topological polar surface area (TPSA) is 67.9 Å². The average Bonchev–Trinajstić information content (AvgIpc) is 3.22. The van der Waals surface area contributed by atoms with Crippen molar-refractivity contribution in [1.82, 2.24) is 10.2 Å². The number of hydrogen-bond donors (Lipinski definition) is 1. The van der Waals surface area contributed by atoms with Crippen molar-refractivity contribution in [3.8, 4) is 11.5 Å². The van der Waals surface area contributed by atoms with Gasteiger partial charge in [0.1, 0.15) is 11.4 Å². The van der Waals surface area contributed by atoms with Crippen molar-refractivity contribution in [3.05, 3.63) is 23.3 Å². The second kappa shape index (κ2) is 7.02. The Bertz CT molecular complexity index is 732. The van der Waals surface area contributed by atoms with Gasteiger partial charge in [0.05, 0.1) is 19.8 Å². The molecule has 6 nitrogen and oxygen atoms in total. The number of carbonyl (C=O) groups excluding carboxylic acids is 2. The summed E-state index contributed by atoms with van der Waals surface area (Å²) in [6.07, 6.45) is 5.65. The fraction of sp³-hybridized carbons (Fsp3) is 0.579. The Kier molecular flexibility index (Phi) is 4.73. The lowest BCUT2D eigenvalue weighted by Crippen LogP contribution is -2.49. The van der Waals surface area contributed by atoms with E-state index in [4.69, 9.17) is 9.47 Å². The van der Waals surface area contributed by atoms with Crippen molar-refractivity contribution in [2.75, 3.05) is 20.0 Å². The van der Waals surface area contributed by atoms with Gasteiger partial charge < -0.3 is 19.7 Å². The number of thioether (sulfide) groups is 1. The summed E-state index contributed by atoms with van der Waals surface area (Å²) in [4.78, 5) is 27.7. The Balaban J connectivity index is 1.58. The Hall–Kier alpha value is -1.89. The highest BCUT2D eigenvalue weighted by Crippen LogP contribution is 2.52. The van der Waals surface area contributed by atoms with Crippen molar-refractivity contribution < 1.29 is 19.1 Å². The molecule has 0 radical (unpaired) electrons. The van der Waals surface area contributed by atoms with Crippen LogP contribution in [-0.2, 0) is 4.79 Å². The molecule has 2 heterocycles. The highest BCUT2D eigenvalue weighted by molar-refractivity contribution is 7.99. The molecule has 4 rings (SSSR count). The minimum Gasteiger partial charge on any atom is -0.493 e. The van der Waals surface area contributed by atoms with Crippen LogP contribution in [-0.4, -0.2) is 48.8 Å². The summed E-state index contributed by atoms with van der Waals surface area (Å²) >= 11 is 1.64. The van der Waals surface area contributed by atoms with Crippen LogP contribution >= 0.6 is 11.8 Å². The molecule has 26 heavy (non-hydrogen) atoms. The molecule has 1 N–H and O–H groups in total. The van der Waals surface area contributed by atoms with Crippen LogP contribution in [0.25, 0.3) is 0 Å². The Labute approximate surface area is 157 Å². The van der Waals surface area contributed by atoms with Gasteiger partial charge in [0, 0.05) is 17.4 Å². The molecule has 1 saturated carbocycles. The predicted molar refractivity (Wildman–Crippen MR) is 99.7 cm³/mol. The number of nitrogens with one attached hydrogen (secondary N) is 1. The lowest BCUT2D eigenvalue weighted by Gasteiger charge is -2.27. The molecule has 140 valence electrons. The van der Waals surface area contributed by atoms with E-state index in [1.165, 1.54) is 13.5 Å². The first-order chi connectivity index (χ1) is 12.7. The second-order valence-corrected chi connectivity index (χ2v) is 8.14. The SMILES string of the molecule is COc1ccc2c(c1OC)C(=O)N1[C@@H]2SC[C@H]1C(=O)NC1CCCCC1. The van der Waals surface area contributed by atoms with E-state index in [1.807, 2.05) is 12.1 Å². The van der Waals surface area contributed by atoms with Gasteiger partial charge in [-0.1, -0.05) is 25.3 Å². The van der Waals surface area contributed by atoms with Gasteiger partial charge in [-0.05, 0) is 18.9 Å². The number of amides is 2.